The van der Waals surface area contributed by atoms with E-state index in [-0.39, 0.29) is 12.5 Å². The largest absolute Gasteiger partial charge is 0.394 e. The van der Waals surface area contributed by atoms with Crippen LogP contribution in [0.3, 0.4) is 0 Å². The standard InChI is InChI=1S/C50H95NO8/c1-3-5-7-9-11-13-15-17-19-21-22-23-24-26-28-30-32-34-36-38-40-46(54)51-43(42-58-50-49(57)48(56)47(55)45(41-52)59-50)44(53)39-37-35-33-31-29-27-25-20-18-16-14-12-10-8-6-4-2/h29,31,37,39,43-45,47-50,52-53,55-57H,3-28,30,32-36,38,40-42H2,1-2H3,(H,51,54)/b31-29+,39-37+/t43-,44+,45-,47-,48?,49?,50-/m0/s1. The van der Waals surface area contributed by atoms with Crippen LogP contribution in [0.1, 0.15) is 232 Å². The van der Waals surface area contributed by atoms with E-state index in [0.29, 0.717) is 6.42 Å². The summed E-state index contributed by atoms with van der Waals surface area (Å²) in [6.07, 6.45) is 42.3. The third-order valence-electron chi connectivity index (χ3n) is 12.0. The van der Waals surface area contributed by atoms with Gasteiger partial charge in [-0.15, -0.1) is 0 Å². The zero-order valence-electron chi connectivity index (χ0n) is 38.3. The highest BCUT2D eigenvalue weighted by Crippen LogP contribution is 2.23. The maximum Gasteiger partial charge on any atom is 0.220 e. The van der Waals surface area contributed by atoms with Crippen molar-refractivity contribution in [3.05, 3.63) is 24.3 Å². The molecule has 1 saturated heterocycles. The highest BCUT2D eigenvalue weighted by molar-refractivity contribution is 5.76. The van der Waals surface area contributed by atoms with E-state index in [4.69, 9.17) is 9.47 Å². The summed E-state index contributed by atoms with van der Waals surface area (Å²) in [4.78, 5) is 13.0. The van der Waals surface area contributed by atoms with Crippen LogP contribution in [-0.4, -0.2) is 87.5 Å². The highest BCUT2D eigenvalue weighted by atomic mass is 16.7. The Hall–Kier alpha value is -1.33. The molecule has 7 atom stereocenters. The summed E-state index contributed by atoms with van der Waals surface area (Å²) in [5.74, 6) is -0.183. The minimum absolute atomic E-state index is 0.183. The van der Waals surface area contributed by atoms with Crippen LogP contribution in [0, 0.1) is 0 Å². The molecule has 9 nitrogen and oxygen atoms in total. The summed E-state index contributed by atoms with van der Waals surface area (Å²) in [5.41, 5.74) is 0. The number of carbonyl (C=O) groups excluding carboxylic acids is 1. The van der Waals surface area contributed by atoms with Crippen LogP contribution in [-0.2, 0) is 14.3 Å². The van der Waals surface area contributed by atoms with Crippen LogP contribution in [0.15, 0.2) is 24.3 Å². The normalized spacial score (nSPS) is 20.8. The van der Waals surface area contributed by atoms with Gasteiger partial charge in [-0.05, 0) is 32.1 Å². The lowest BCUT2D eigenvalue weighted by Gasteiger charge is -2.40. The van der Waals surface area contributed by atoms with Gasteiger partial charge in [-0.3, -0.25) is 4.79 Å². The van der Waals surface area contributed by atoms with E-state index < -0.39 is 49.5 Å². The van der Waals surface area contributed by atoms with Gasteiger partial charge in [0.05, 0.1) is 25.4 Å². The second-order valence-corrected chi connectivity index (χ2v) is 17.6. The van der Waals surface area contributed by atoms with Gasteiger partial charge in [0.2, 0.25) is 5.91 Å². The Morgan fingerprint density at radius 1 is 0.559 bits per heavy atom. The fourth-order valence-electron chi connectivity index (χ4n) is 8.00. The summed E-state index contributed by atoms with van der Waals surface area (Å²) >= 11 is 0. The first kappa shape index (κ1) is 55.7. The molecule has 348 valence electrons. The van der Waals surface area contributed by atoms with Gasteiger partial charge in [0, 0.05) is 6.42 Å². The van der Waals surface area contributed by atoms with Gasteiger partial charge in [0.1, 0.15) is 24.4 Å². The van der Waals surface area contributed by atoms with E-state index >= 15 is 0 Å². The molecular weight excluding hydrogens is 743 g/mol. The number of unbranched alkanes of at least 4 members (excludes halogenated alkanes) is 30. The third kappa shape index (κ3) is 31.2. The molecule has 1 heterocycles. The van der Waals surface area contributed by atoms with Crippen LogP contribution < -0.4 is 5.32 Å². The van der Waals surface area contributed by atoms with Crippen LogP contribution in [0.4, 0.5) is 0 Å². The van der Waals surface area contributed by atoms with E-state index in [0.717, 1.165) is 38.5 Å². The van der Waals surface area contributed by atoms with Gasteiger partial charge < -0.3 is 40.3 Å². The van der Waals surface area contributed by atoms with Crippen LogP contribution in [0.5, 0.6) is 0 Å². The highest BCUT2D eigenvalue weighted by Gasteiger charge is 2.44. The zero-order chi connectivity index (χ0) is 43.0. The molecule has 0 spiro atoms. The summed E-state index contributed by atoms with van der Waals surface area (Å²) in [6, 6.07) is -0.817. The summed E-state index contributed by atoms with van der Waals surface area (Å²) in [7, 11) is 0. The molecular formula is C50H95NO8. The summed E-state index contributed by atoms with van der Waals surface area (Å²) in [5, 5.41) is 54.3. The average Bonchev–Trinajstić information content (AvgIpc) is 3.23. The van der Waals surface area contributed by atoms with Crippen molar-refractivity contribution in [1.82, 2.24) is 5.32 Å². The Kier molecular flexibility index (Phi) is 38.4. The predicted octanol–water partition coefficient (Wildman–Crippen LogP) is 11.1. The molecule has 0 radical (unpaired) electrons. The second kappa shape index (κ2) is 40.7. The minimum Gasteiger partial charge on any atom is -0.394 e. The van der Waals surface area contributed by atoms with E-state index in [1.807, 2.05) is 6.08 Å². The zero-order valence-corrected chi connectivity index (χ0v) is 38.3. The lowest BCUT2D eigenvalue weighted by Crippen LogP contribution is -2.60. The number of hydrogen-bond donors (Lipinski definition) is 6. The third-order valence-corrected chi connectivity index (χ3v) is 12.0. The summed E-state index contributed by atoms with van der Waals surface area (Å²) in [6.45, 7) is 3.77. The quantitative estimate of drug-likeness (QED) is 0.0263. The van der Waals surface area contributed by atoms with Gasteiger partial charge >= 0.3 is 0 Å². The molecule has 0 saturated carbocycles. The number of hydrogen-bond acceptors (Lipinski definition) is 8. The van der Waals surface area contributed by atoms with Crippen molar-refractivity contribution in [2.75, 3.05) is 13.2 Å². The predicted molar refractivity (Wildman–Crippen MR) is 244 cm³/mol. The van der Waals surface area contributed by atoms with Crippen molar-refractivity contribution >= 4 is 5.91 Å². The Morgan fingerprint density at radius 3 is 1.42 bits per heavy atom. The molecule has 6 N–H and O–H groups in total. The maximum atomic E-state index is 13.0. The SMILES string of the molecule is CCCCCCCCCCCC/C=C/CC/C=C/[C@@H](O)[C@H](CO[C@H]1O[C@@H](CO)[C@H](O)C(O)C1O)NC(=O)CCCCCCCCCCCCCCCCCCCCCC. The van der Waals surface area contributed by atoms with Gasteiger partial charge in [0.25, 0.3) is 0 Å². The van der Waals surface area contributed by atoms with E-state index in [1.165, 1.54) is 173 Å². The molecule has 2 unspecified atom stereocenters. The molecule has 1 amide bonds. The van der Waals surface area contributed by atoms with Crippen molar-refractivity contribution < 1.29 is 39.8 Å². The van der Waals surface area contributed by atoms with Gasteiger partial charge in [-0.2, -0.15) is 0 Å². The Bertz CT molecular complexity index is 977. The van der Waals surface area contributed by atoms with Crippen LogP contribution >= 0.6 is 0 Å². The van der Waals surface area contributed by atoms with E-state index in [9.17, 15) is 30.3 Å². The fraction of sp³-hybridized carbons (Fsp3) is 0.900. The molecule has 0 aliphatic carbocycles. The van der Waals surface area contributed by atoms with Crippen molar-refractivity contribution in [1.29, 1.82) is 0 Å². The number of carbonyl (C=O) groups is 1. The topological polar surface area (TPSA) is 149 Å². The molecule has 9 heteroatoms. The number of rotatable bonds is 42. The molecule has 1 rings (SSSR count). The van der Waals surface area contributed by atoms with Crippen LogP contribution in [0.2, 0.25) is 0 Å². The molecule has 1 fully saturated rings. The number of allylic oxidation sites excluding steroid dienone is 3. The number of nitrogens with one attached hydrogen (secondary N) is 1. The van der Waals surface area contributed by atoms with E-state index in [1.54, 1.807) is 6.08 Å². The number of ether oxygens (including phenoxy) is 2. The van der Waals surface area contributed by atoms with Crippen molar-refractivity contribution in [2.24, 2.45) is 0 Å². The second-order valence-electron chi connectivity index (χ2n) is 17.6. The lowest BCUT2D eigenvalue weighted by atomic mass is 9.99. The number of aliphatic hydroxyl groups excluding tert-OH is 5. The molecule has 59 heavy (non-hydrogen) atoms. The molecule has 1 aliphatic heterocycles. The van der Waals surface area contributed by atoms with Crippen molar-refractivity contribution in [2.45, 2.75) is 275 Å². The number of aliphatic hydroxyl groups is 5. The Balaban J connectivity index is 2.31. The van der Waals surface area contributed by atoms with Gasteiger partial charge in [-0.1, -0.05) is 218 Å². The summed E-state index contributed by atoms with van der Waals surface area (Å²) < 4.78 is 11.2. The van der Waals surface area contributed by atoms with Crippen LogP contribution in [0.25, 0.3) is 0 Å². The average molecular weight is 838 g/mol. The molecule has 0 aromatic carbocycles. The molecule has 0 aromatic rings. The first-order valence-corrected chi connectivity index (χ1v) is 25.1. The maximum absolute atomic E-state index is 13.0. The molecule has 1 aliphatic rings. The van der Waals surface area contributed by atoms with Crippen molar-refractivity contribution in [3.8, 4) is 0 Å². The fourth-order valence-corrected chi connectivity index (χ4v) is 8.00. The van der Waals surface area contributed by atoms with E-state index in [2.05, 4.69) is 31.3 Å². The Labute approximate surface area is 362 Å². The van der Waals surface area contributed by atoms with Gasteiger partial charge in [0.15, 0.2) is 6.29 Å². The first-order valence-electron chi connectivity index (χ1n) is 25.1. The smallest absolute Gasteiger partial charge is 0.220 e. The first-order chi connectivity index (χ1) is 28.8. The number of amides is 1. The molecule has 0 bridgehead atoms. The van der Waals surface area contributed by atoms with Gasteiger partial charge in [-0.25, -0.2) is 0 Å². The molecule has 0 aromatic heterocycles. The minimum atomic E-state index is -1.57. The Morgan fingerprint density at radius 2 is 0.966 bits per heavy atom. The lowest BCUT2D eigenvalue weighted by molar-refractivity contribution is -0.302. The monoisotopic (exact) mass is 838 g/mol. The van der Waals surface area contributed by atoms with Crippen molar-refractivity contribution in [3.63, 3.8) is 0 Å².